The summed E-state index contributed by atoms with van der Waals surface area (Å²) in [5, 5.41) is 2.92. The maximum absolute atomic E-state index is 11.9. The maximum atomic E-state index is 11.9. The number of carbonyl (C=O) groups excluding carboxylic acids is 1. The smallest absolute Gasteiger partial charge is 0.276 e. The molecular formula is C12H19N5O2. The van der Waals surface area contributed by atoms with Gasteiger partial charge in [-0.15, -0.1) is 0 Å². The number of nitrogens with zero attached hydrogens (tertiary/aromatic N) is 2. The van der Waals surface area contributed by atoms with E-state index in [0.717, 1.165) is 25.9 Å². The van der Waals surface area contributed by atoms with Crippen molar-refractivity contribution in [2.75, 3.05) is 30.7 Å². The van der Waals surface area contributed by atoms with Crippen LogP contribution >= 0.6 is 0 Å². The quantitative estimate of drug-likeness (QED) is 0.719. The minimum Gasteiger partial charge on any atom is -0.391 e. The van der Waals surface area contributed by atoms with E-state index in [1.165, 1.54) is 12.7 Å². The lowest BCUT2D eigenvalue weighted by atomic mass is 10.1. The Balaban J connectivity index is 1.81. The number of aromatic amines is 1. The van der Waals surface area contributed by atoms with E-state index in [4.69, 9.17) is 5.73 Å². The summed E-state index contributed by atoms with van der Waals surface area (Å²) in [4.78, 5) is 31.4. The number of hydrogen-bond donors (Lipinski definition) is 3. The van der Waals surface area contributed by atoms with Gasteiger partial charge in [-0.2, -0.15) is 0 Å². The topological polar surface area (TPSA) is 104 Å². The predicted molar refractivity (Wildman–Crippen MR) is 72.8 cm³/mol. The molecule has 0 saturated carbocycles. The SMILES string of the molecule is Nc1c(NCCC(=O)N2CCCCC2)nc[nH]c1=O. The van der Waals surface area contributed by atoms with E-state index in [0.29, 0.717) is 18.8 Å². The number of rotatable bonds is 4. The Morgan fingerprint density at radius 2 is 2.16 bits per heavy atom. The summed E-state index contributed by atoms with van der Waals surface area (Å²) in [5.41, 5.74) is 5.25. The van der Waals surface area contributed by atoms with Gasteiger partial charge in [0.2, 0.25) is 5.91 Å². The minimum atomic E-state index is -0.375. The molecule has 7 nitrogen and oxygen atoms in total. The van der Waals surface area contributed by atoms with Gasteiger partial charge in [-0.3, -0.25) is 9.59 Å². The second kappa shape index (κ2) is 6.21. The molecule has 4 N–H and O–H groups in total. The number of carbonyl (C=O) groups is 1. The number of piperidine rings is 1. The lowest BCUT2D eigenvalue weighted by Gasteiger charge is -2.26. The van der Waals surface area contributed by atoms with Crippen molar-refractivity contribution in [3.8, 4) is 0 Å². The van der Waals surface area contributed by atoms with Crippen LogP contribution in [0.4, 0.5) is 11.5 Å². The first-order chi connectivity index (χ1) is 9.18. The van der Waals surface area contributed by atoms with Crippen molar-refractivity contribution in [1.29, 1.82) is 0 Å². The molecule has 104 valence electrons. The Hall–Kier alpha value is -2.05. The predicted octanol–water partition coefficient (Wildman–Crippen LogP) is 0.167. The Morgan fingerprint density at radius 1 is 1.42 bits per heavy atom. The largest absolute Gasteiger partial charge is 0.391 e. The molecule has 0 spiro atoms. The average molecular weight is 265 g/mol. The molecule has 1 aromatic rings. The van der Waals surface area contributed by atoms with Gasteiger partial charge in [-0.05, 0) is 19.3 Å². The van der Waals surface area contributed by atoms with Gasteiger partial charge >= 0.3 is 0 Å². The highest BCUT2D eigenvalue weighted by atomic mass is 16.2. The average Bonchev–Trinajstić information content (AvgIpc) is 2.44. The monoisotopic (exact) mass is 265 g/mol. The number of hydrogen-bond acceptors (Lipinski definition) is 5. The van der Waals surface area contributed by atoms with E-state index in [9.17, 15) is 9.59 Å². The van der Waals surface area contributed by atoms with Gasteiger partial charge in [-0.1, -0.05) is 0 Å². The Labute approximate surface area is 111 Å². The van der Waals surface area contributed by atoms with Gasteiger partial charge in [0.25, 0.3) is 5.56 Å². The molecule has 7 heteroatoms. The molecule has 0 aromatic carbocycles. The van der Waals surface area contributed by atoms with Crippen molar-refractivity contribution in [1.82, 2.24) is 14.9 Å². The Bertz CT molecular complexity index is 493. The molecule has 1 aliphatic heterocycles. The van der Waals surface area contributed by atoms with Crippen molar-refractivity contribution in [3.63, 3.8) is 0 Å². The molecule has 0 bridgehead atoms. The van der Waals surface area contributed by atoms with E-state index in [1.807, 2.05) is 4.90 Å². The molecule has 2 heterocycles. The van der Waals surface area contributed by atoms with Crippen molar-refractivity contribution < 1.29 is 4.79 Å². The van der Waals surface area contributed by atoms with E-state index in [-0.39, 0.29) is 17.2 Å². The van der Waals surface area contributed by atoms with E-state index < -0.39 is 0 Å². The molecule has 1 amide bonds. The van der Waals surface area contributed by atoms with Gasteiger partial charge in [0.15, 0.2) is 5.82 Å². The van der Waals surface area contributed by atoms with E-state index >= 15 is 0 Å². The summed E-state index contributed by atoms with van der Waals surface area (Å²) in [5.74, 6) is 0.464. The summed E-state index contributed by atoms with van der Waals surface area (Å²) in [7, 11) is 0. The number of nitrogen functional groups attached to an aromatic ring is 1. The molecule has 1 aliphatic rings. The first-order valence-electron chi connectivity index (χ1n) is 6.53. The van der Waals surface area contributed by atoms with Crippen LogP contribution in [0, 0.1) is 0 Å². The highest BCUT2D eigenvalue weighted by Crippen LogP contribution is 2.11. The van der Waals surface area contributed by atoms with Crippen LogP contribution in [0.2, 0.25) is 0 Å². The molecule has 19 heavy (non-hydrogen) atoms. The molecule has 0 unspecified atom stereocenters. The first-order valence-corrected chi connectivity index (χ1v) is 6.53. The Morgan fingerprint density at radius 3 is 2.89 bits per heavy atom. The molecule has 1 fully saturated rings. The number of likely N-dealkylation sites (tertiary alicyclic amines) is 1. The second-order valence-corrected chi connectivity index (χ2v) is 4.61. The van der Waals surface area contributed by atoms with Crippen molar-refractivity contribution in [2.24, 2.45) is 0 Å². The van der Waals surface area contributed by atoms with Gasteiger partial charge in [0, 0.05) is 26.1 Å². The zero-order valence-corrected chi connectivity index (χ0v) is 10.8. The third-order valence-electron chi connectivity index (χ3n) is 3.23. The summed E-state index contributed by atoms with van der Waals surface area (Å²) in [6.07, 6.45) is 5.04. The molecule has 2 rings (SSSR count). The van der Waals surface area contributed by atoms with Crippen LogP contribution in [0.15, 0.2) is 11.1 Å². The van der Waals surface area contributed by atoms with Gasteiger partial charge < -0.3 is 20.9 Å². The number of anilines is 2. The minimum absolute atomic E-state index is 0.0490. The standard InChI is InChI=1S/C12H19N5O2/c13-10-11(15-8-16-12(10)19)14-5-4-9(18)17-6-2-1-3-7-17/h8H,1-7,13H2,(H2,14,15,16,19). The van der Waals surface area contributed by atoms with Crippen LogP contribution in [-0.2, 0) is 4.79 Å². The molecule has 0 atom stereocenters. The van der Waals surface area contributed by atoms with Crippen LogP contribution in [0.3, 0.4) is 0 Å². The van der Waals surface area contributed by atoms with Crippen LogP contribution in [0.1, 0.15) is 25.7 Å². The van der Waals surface area contributed by atoms with E-state index in [1.54, 1.807) is 0 Å². The fourth-order valence-corrected chi connectivity index (χ4v) is 2.14. The summed E-state index contributed by atoms with van der Waals surface area (Å²) < 4.78 is 0. The fraction of sp³-hybridized carbons (Fsp3) is 0.583. The third-order valence-corrected chi connectivity index (χ3v) is 3.23. The Kier molecular flexibility index (Phi) is 4.38. The van der Waals surface area contributed by atoms with Gasteiger partial charge in [0.1, 0.15) is 5.69 Å². The molecular weight excluding hydrogens is 246 g/mol. The summed E-state index contributed by atoms with van der Waals surface area (Å²) >= 11 is 0. The lowest BCUT2D eigenvalue weighted by molar-refractivity contribution is -0.131. The number of aromatic nitrogens is 2. The number of amides is 1. The van der Waals surface area contributed by atoms with Crippen molar-refractivity contribution in [3.05, 3.63) is 16.7 Å². The zero-order chi connectivity index (χ0) is 13.7. The molecule has 0 radical (unpaired) electrons. The summed E-state index contributed by atoms with van der Waals surface area (Å²) in [6.45, 7) is 2.13. The maximum Gasteiger partial charge on any atom is 0.276 e. The number of H-pyrrole nitrogens is 1. The molecule has 0 aliphatic carbocycles. The van der Waals surface area contributed by atoms with Crippen LogP contribution in [-0.4, -0.2) is 40.4 Å². The lowest BCUT2D eigenvalue weighted by Crippen LogP contribution is -2.36. The van der Waals surface area contributed by atoms with Crippen molar-refractivity contribution in [2.45, 2.75) is 25.7 Å². The van der Waals surface area contributed by atoms with E-state index in [2.05, 4.69) is 15.3 Å². The zero-order valence-electron chi connectivity index (χ0n) is 10.8. The normalized spacial score (nSPS) is 15.3. The van der Waals surface area contributed by atoms with Crippen molar-refractivity contribution >= 4 is 17.4 Å². The van der Waals surface area contributed by atoms with Crippen LogP contribution < -0.4 is 16.6 Å². The molecule has 1 saturated heterocycles. The van der Waals surface area contributed by atoms with Crippen LogP contribution in [0.5, 0.6) is 0 Å². The van der Waals surface area contributed by atoms with Crippen LogP contribution in [0.25, 0.3) is 0 Å². The fourth-order valence-electron chi connectivity index (χ4n) is 2.14. The molecule has 1 aromatic heterocycles. The number of nitrogens with one attached hydrogen (secondary N) is 2. The number of nitrogens with two attached hydrogens (primary N) is 1. The third kappa shape index (κ3) is 3.46. The highest BCUT2D eigenvalue weighted by molar-refractivity contribution is 5.77. The van der Waals surface area contributed by atoms with Gasteiger partial charge in [0.05, 0.1) is 6.33 Å². The van der Waals surface area contributed by atoms with Gasteiger partial charge in [-0.25, -0.2) is 4.98 Å². The summed E-state index contributed by atoms with van der Waals surface area (Å²) in [6, 6.07) is 0. The second-order valence-electron chi connectivity index (χ2n) is 4.61. The first kappa shape index (κ1) is 13.4. The highest BCUT2D eigenvalue weighted by Gasteiger charge is 2.15.